The van der Waals surface area contributed by atoms with Crippen molar-refractivity contribution in [2.75, 3.05) is 39.6 Å². The average Bonchev–Trinajstić information content (AvgIpc) is 1.63. The van der Waals surface area contributed by atoms with Crippen LogP contribution in [0.15, 0.2) is 146 Å². The summed E-state index contributed by atoms with van der Waals surface area (Å²) in [5.74, 6) is -1.63. The molecule has 5 atom stereocenters. The van der Waals surface area contributed by atoms with Gasteiger partial charge in [-0.25, -0.2) is 9.13 Å². The quantitative estimate of drug-likeness (QED) is 0.0146. The molecule has 0 aliphatic rings. The Labute approximate surface area is 587 Å². The summed E-state index contributed by atoms with van der Waals surface area (Å²) in [5, 5.41) is 20.6. The summed E-state index contributed by atoms with van der Waals surface area (Å²) in [7, 11) is -9.80. The molecule has 5 unspecified atom stereocenters. The first-order valence-corrected chi connectivity index (χ1v) is 40.1. The number of aliphatic hydroxyl groups excluding tert-OH is 2. The number of phosphoric ester groups is 2. The van der Waals surface area contributed by atoms with Gasteiger partial charge in [0, 0.05) is 19.3 Å². The van der Waals surface area contributed by atoms with Crippen molar-refractivity contribution in [3.63, 3.8) is 0 Å². The maximum Gasteiger partial charge on any atom is 0.472 e. The first kappa shape index (κ1) is 92.4. The van der Waals surface area contributed by atoms with Crippen LogP contribution in [-0.2, 0) is 55.8 Å². The first-order chi connectivity index (χ1) is 47.2. The molecule has 0 fully saturated rings. The minimum absolute atomic E-state index is 0.0799. The summed E-state index contributed by atoms with van der Waals surface area (Å²) < 4.78 is 61.0. The third-order valence-electron chi connectivity index (χ3n) is 15.0. The molecule has 0 aliphatic carbocycles. The predicted octanol–water partition coefficient (Wildman–Crippen LogP) is 21.3. The molecule has 0 amide bonds. The van der Waals surface area contributed by atoms with Gasteiger partial charge in [0.15, 0.2) is 6.10 Å². The molecule has 0 aromatic rings. The number of esters is 3. The van der Waals surface area contributed by atoms with Crippen LogP contribution in [0.25, 0.3) is 0 Å². The van der Waals surface area contributed by atoms with Crippen LogP contribution in [0.2, 0.25) is 0 Å². The summed E-state index contributed by atoms with van der Waals surface area (Å²) in [4.78, 5) is 58.5. The molecule has 0 aliphatic heterocycles. The SMILES string of the molecule is CC/C=C\C/C=C\C/C=C\C/C=C\C/C=C\C/C=C\CCCCCCCCCCC(=O)OCC(O)COP(=O)(O)OCC(O)COP(=O)(O)OCC(COC(=O)CCCCCCC/C=C\C/C=C\C/C=C\C/C=C\CCCCC)OC(=O)CCCCCCC/C=C\C/C=C\CCC. The zero-order chi connectivity index (χ0) is 70.9. The van der Waals surface area contributed by atoms with E-state index in [9.17, 15) is 43.5 Å². The number of phosphoric acid groups is 2. The van der Waals surface area contributed by atoms with Crippen LogP contribution in [-0.4, -0.2) is 95.9 Å². The second kappa shape index (κ2) is 71.3. The molecular weight excluding hydrogens is 1270 g/mol. The van der Waals surface area contributed by atoms with Crippen LogP contribution in [0.5, 0.6) is 0 Å². The second-order valence-electron chi connectivity index (χ2n) is 24.4. The molecular formula is C79H132O16P2. The smallest absolute Gasteiger partial charge is 0.463 e. The number of carbonyl (C=O) groups is 3. The number of hydrogen-bond donors (Lipinski definition) is 4. The van der Waals surface area contributed by atoms with Crippen molar-refractivity contribution in [3.05, 3.63) is 146 Å². The van der Waals surface area contributed by atoms with E-state index in [0.29, 0.717) is 19.3 Å². The van der Waals surface area contributed by atoms with Crippen molar-refractivity contribution in [1.29, 1.82) is 0 Å². The molecule has 0 aromatic carbocycles. The fourth-order valence-electron chi connectivity index (χ4n) is 9.36. The van der Waals surface area contributed by atoms with Crippen LogP contribution in [0.1, 0.15) is 278 Å². The highest BCUT2D eigenvalue weighted by Gasteiger charge is 2.29. The second-order valence-corrected chi connectivity index (χ2v) is 27.3. The lowest BCUT2D eigenvalue weighted by Gasteiger charge is -2.21. The first-order valence-electron chi connectivity index (χ1n) is 37.1. The number of rotatable bonds is 69. The molecule has 0 aromatic heterocycles. The molecule has 16 nitrogen and oxygen atoms in total. The summed E-state index contributed by atoms with van der Waals surface area (Å²) in [6.07, 6.45) is 86.1. The summed E-state index contributed by atoms with van der Waals surface area (Å²) in [6, 6.07) is 0. The molecule has 0 bridgehead atoms. The van der Waals surface area contributed by atoms with E-state index in [1.165, 1.54) is 44.9 Å². The van der Waals surface area contributed by atoms with Crippen LogP contribution < -0.4 is 0 Å². The topological polar surface area (TPSA) is 231 Å². The van der Waals surface area contributed by atoms with Crippen molar-refractivity contribution in [1.82, 2.24) is 0 Å². The van der Waals surface area contributed by atoms with Gasteiger partial charge in [-0.3, -0.25) is 32.5 Å². The largest absolute Gasteiger partial charge is 0.472 e. The monoisotopic (exact) mass is 1400 g/mol. The van der Waals surface area contributed by atoms with E-state index < -0.39 is 91.5 Å². The summed E-state index contributed by atoms with van der Waals surface area (Å²) in [5.41, 5.74) is 0. The molecule has 0 saturated carbocycles. The fraction of sp³-hybridized carbons (Fsp3) is 0.658. The Kier molecular flexibility index (Phi) is 67.9. The standard InChI is InChI=1S/C79H132O16P2/c1-4-7-10-13-16-19-22-25-27-29-31-33-34-35-36-37-38-40-42-43-45-48-50-53-56-59-62-65-77(82)89-68-74(80)69-91-96(85,86)92-70-75(81)71-93-97(87,88)94-73-76(95-79(84)67-64-61-58-55-52-47-24-21-18-15-12-9-6-3)72-90-78(83)66-63-60-57-54-51-49-46-44-41-39-32-30-28-26-23-20-17-14-11-8-5-2/h7,10,12,15-17,19-21,24-28,31-33,35-36,38-40,44,46,74-76,80-81H,4-6,8-9,11,13-14,18,22-23,29-30,34,37,41-43,45,47-73H2,1-3H3,(H,85,86)(H,87,88)/b10-7-,15-12-,19-16-,20-17-,24-21-,27-25-,28-26-,33-31-,36-35-,39-32-,40-38-,46-44-. The van der Waals surface area contributed by atoms with Gasteiger partial charge in [-0.1, -0.05) is 263 Å². The van der Waals surface area contributed by atoms with Gasteiger partial charge in [-0.2, -0.15) is 0 Å². The molecule has 0 rings (SSSR count). The predicted molar refractivity (Wildman–Crippen MR) is 399 cm³/mol. The average molecular weight is 1400 g/mol. The van der Waals surface area contributed by atoms with Crippen molar-refractivity contribution in [2.45, 2.75) is 296 Å². The van der Waals surface area contributed by atoms with Crippen molar-refractivity contribution >= 4 is 33.6 Å². The van der Waals surface area contributed by atoms with Crippen molar-refractivity contribution < 1.29 is 75.8 Å². The maximum atomic E-state index is 12.9. The summed E-state index contributed by atoms with van der Waals surface area (Å²) in [6.45, 7) is 2.40. The number of carbonyl (C=O) groups excluding carboxylic acids is 3. The van der Waals surface area contributed by atoms with E-state index in [4.69, 9.17) is 32.3 Å². The van der Waals surface area contributed by atoms with Gasteiger partial charge in [0.05, 0.1) is 26.4 Å². The van der Waals surface area contributed by atoms with E-state index in [1.54, 1.807) is 0 Å². The van der Waals surface area contributed by atoms with Crippen molar-refractivity contribution in [3.8, 4) is 0 Å². The van der Waals surface area contributed by atoms with Gasteiger partial charge in [0.2, 0.25) is 0 Å². The molecule has 0 radical (unpaired) electrons. The van der Waals surface area contributed by atoms with Gasteiger partial charge in [0.1, 0.15) is 25.4 Å². The van der Waals surface area contributed by atoms with Crippen LogP contribution in [0.4, 0.5) is 0 Å². The van der Waals surface area contributed by atoms with E-state index in [1.807, 2.05) is 0 Å². The van der Waals surface area contributed by atoms with E-state index >= 15 is 0 Å². The normalized spacial score (nSPS) is 14.9. The van der Waals surface area contributed by atoms with E-state index in [-0.39, 0.29) is 19.3 Å². The molecule has 18 heteroatoms. The molecule has 97 heavy (non-hydrogen) atoms. The Morgan fingerprint density at radius 3 is 0.907 bits per heavy atom. The fourth-order valence-corrected chi connectivity index (χ4v) is 10.9. The van der Waals surface area contributed by atoms with Gasteiger partial charge < -0.3 is 34.2 Å². The Balaban J connectivity index is 4.58. The number of allylic oxidation sites excluding steroid dienone is 24. The third kappa shape index (κ3) is 72.5. The lowest BCUT2D eigenvalue weighted by molar-refractivity contribution is -0.161. The molecule has 4 N–H and O–H groups in total. The van der Waals surface area contributed by atoms with Crippen LogP contribution >= 0.6 is 15.6 Å². The van der Waals surface area contributed by atoms with E-state index in [2.05, 4.69) is 167 Å². The Morgan fingerprint density at radius 2 is 0.567 bits per heavy atom. The van der Waals surface area contributed by atoms with Crippen LogP contribution in [0.3, 0.4) is 0 Å². The highest BCUT2D eigenvalue weighted by molar-refractivity contribution is 7.47. The minimum atomic E-state index is -4.94. The lowest BCUT2D eigenvalue weighted by Crippen LogP contribution is -2.30. The number of aliphatic hydroxyl groups is 2. The molecule has 554 valence electrons. The highest BCUT2D eigenvalue weighted by atomic mass is 31.2. The van der Waals surface area contributed by atoms with Gasteiger partial charge in [-0.15, -0.1) is 0 Å². The van der Waals surface area contributed by atoms with Crippen molar-refractivity contribution in [2.24, 2.45) is 0 Å². The lowest BCUT2D eigenvalue weighted by atomic mass is 10.1. The van der Waals surface area contributed by atoms with Gasteiger partial charge in [0.25, 0.3) is 0 Å². The zero-order valence-electron chi connectivity index (χ0n) is 60.2. The minimum Gasteiger partial charge on any atom is -0.463 e. The van der Waals surface area contributed by atoms with Gasteiger partial charge >= 0.3 is 33.6 Å². The van der Waals surface area contributed by atoms with Gasteiger partial charge in [-0.05, 0) is 141 Å². The Bertz CT molecular complexity index is 2350. The molecule has 0 heterocycles. The van der Waals surface area contributed by atoms with E-state index in [0.717, 1.165) is 173 Å². The van der Waals surface area contributed by atoms with Crippen LogP contribution in [0, 0.1) is 0 Å². The Hall–Kier alpha value is -4.57. The zero-order valence-corrected chi connectivity index (χ0v) is 62.0. The number of unbranched alkanes of at least 4 members (excludes halogenated alkanes) is 22. The Morgan fingerprint density at radius 1 is 0.299 bits per heavy atom. The molecule has 0 spiro atoms. The molecule has 0 saturated heterocycles. The number of ether oxygens (including phenoxy) is 3. The maximum absolute atomic E-state index is 12.9. The summed E-state index contributed by atoms with van der Waals surface area (Å²) >= 11 is 0. The number of hydrogen-bond acceptors (Lipinski definition) is 14. The highest BCUT2D eigenvalue weighted by Crippen LogP contribution is 2.45. The third-order valence-corrected chi connectivity index (χ3v) is 16.9.